The number of benzene rings is 2. The SMILES string of the molecule is NC(=O)C(=O)C(CC1CCNC1=O)NC(=O)C(CC1CCCCC1)NC(=O)C1(O)c2ccccc2-c2ccccc21. The van der Waals surface area contributed by atoms with Crippen molar-refractivity contribution in [1.82, 2.24) is 16.0 Å². The van der Waals surface area contributed by atoms with Crippen LogP contribution in [0.2, 0.25) is 0 Å². The molecule has 3 aliphatic rings. The quantitative estimate of drug-likeness (QED) is 0.276. The topological polar surface area (TPSA) is 168 Å². The molecule has 1 heterocycles. The molecule has 0 aromatic heterocycles. The van der Waals surface area contributed by atoms with Gasteiger partial charge in [0.1, 0.15) is 6.04 Å². The zero-order chi connectivity index (χ0) is 29.1. The molecular formula is C31H36N4O6. The number of carbonyl (C=O) groups excluding carboxylic acids is 5. The normalized spacial score (nSPS) is 20.7. The number of ketones is 1. The maximum atomic E-state index is 14.0. The number of aliphatic hydroxyl groups is 1. The van der Waals surface area contributed by atoms with Gasteiger partial charge in [-0.25, -0.2) is 0 Å². The molecule has 2 aliphatic carbocycles. The van der Waals surface area contributed by atoms with Gasteiger partial charge in [-0.2, -0.15) is 0 Å². The van der Waals surface area contributed by atoms with Gasteiger partial charge in [-0.1, -0.05) is 80.6 Å². The van der Waals surface area contributed by atoms with E-state index in [1.807, 2.05) is 24.3 Å². The van der Waals surface area contributed by atoms with E-state index in [0.29, 0.717) is 30.5 Å². The Labute approximate surface area is 238 Å². The van der Waals surface area contributed by atoms with Crippen LogP contribution in [0.4, 0.5) is 0 Å². The van der Waals surface area contributed by atoms with Crippen LogP contribution in [0.5, 0.6) is 0 Å². The molecule has 2 aromatic carbocycles. The van der Waals surface area contributed by atoms with E-state index in [0.717, 1.165) is 43.2 Å². The average Bonchev–Trinajstić information content (AvgIpc) is 3.51. The van der Waals surface area contributed by atoms with Gasteiger partial charge in [-0.05, 0) is 36.3 Å². The van der Waals surface area contributed by atoms with E-state index in [-0.39, 0.29) is 18.2 Å². The number of amides is 4. The van der Waals surface area contributed by atoms with E-state index in [2.05, 4.69) is 16.0 Å². The van der Waals surface area contributed by atoms with Crippen LogP contribution in [0.25, 0.3) is 11.1 Å². The van der Waals surface area contributed by atoms with Crippen molar-refractivity contribution < 1.29 is 29.1 Å². The first-order valence-electron chi connectivity index (χ1n) is 14.3. The molecule has 10 heteroatoms. The summed E-state index contributed by atoms with van der Waals surface area (Å²) in [5.74, 6) is -4.28. The molecule has 4 amide bonds. The Morgan fingerprint density at radius 2 is 1.49 bits per heavy atom. The van der Waals surface area contributed by atoms with Crippen molar-refractivity contribution in [2.45, 2.75) is 69.1 Å². The number of Topliss-reactive ketones (excluding diaryl/α,β-unsaturated/α-hetero) is 1. The van der Waals surface area contributed by atoms with Gasteiger partial charge in [0.25, 0.3) is 11.8 Å². The van der Waals surface area contributed by atoms with Crippen LogP contribution < -0.4 is 21.7 Å². The van der Waals surface area contributed by atoms with Crippen LogP contribution >= 0.6 is 0 Å². The summed E-state index contributed by atoms with van der Waals surface area (Å²) in [5.41, 5.74) is 5.56. The van der Waals surface area contributed by atoms with Crippen molar-refractivity contribution in [3.63, 3.8) is 0 Å². The minimum Gasteiger partial charge on any atom is -0.372 e. The van der Waals surface area contributed by atoms with Crippen LogP contribution in [0.1, 0.15) is 62.5 Å². The first-order valence-corrected chi connectivity index (χ1v) is 14.3. The number of hydrogen-bond donors (Lipinski definition) is 5. The lowest BCUT2D eigenvalue weighted by Crippen LogP contribution is -2.57. The fourth-order valence-electron chi connectivity index (χ4n) is 6.54. The molecule has 5 rings (SSSR count). The van der Waals surface area contributed by atoms with Crippen molar-refractivity contribution >= 4 is 29.4 Å². The zero-order valence-corrected chi connectivity index (χ0v) is 22.9. The molecule has 6 N–H and O–H groups in total. The minimum absolute atomic E-state index is 0.0753. The second-order valence-corrected chi connectivity index (χ2v) is 11.4. The summed E-state index contributed by atoms with van der Waals surface area (Å²) >= 11 is 0. The average molecular weight is 561 g/mol. The van der Waals surface area contributed by atoms with E-state index in [1.54, 1.807) is 24.3 Å². The zero-order valence-electron chi connectivity index (χ0n) is 22.9. The lowest BCUT2D eigenvalue weighted by molar-refractivity contribution is -0.141. The van der Waals surface area contributed by atoms with Gasteiger partial charge in [0.15, 0.2) is 5.60 Å². The van der Waals surface area contributed by atoms with Crippen LogP contribution in [0.15, 0.2) is 48.5 Å². The predicted molar refractivity (Wildman–Crippen MR) is 150 cm³/mol. The Balaban J connectivity index is 1.42. The molecule has 0 spiro atoms. The van der Waals surface area contributed by atoms with Crippen molar-refractivity contribution in [2.75, 3.05) is 6.54 Å². The number of nitrogens with one attached hydrogen (secondary N) is 3. The summed E-state index contributed by atoms with van der Waals surface area (Å²) in [4.78, 5) is 64.4. The Hall–Kier alpha value is -4.05. The molecule has 0 radical (unpaired) electrons. The third-order valence-corrected chi connectivity index (χ3v) is 8.73. The molecule has 2 fully saturated rings. The van der Waals surface area contributed by atoms with Crippen molar-refractivity contribution in [3.8, 4) is 11.1 Å². The van der Waals surface area contributed by atoms with Crippen molar-refractivity contribution in [2.24, 2.45) is 17.6 Å². The number of primary amides is 1. The second-order valence-electron chi connectivity index (χ2n) is 11.4. The Morgan fingerprint density at radius 1 is 0.878 bits per heavy atom. The summed E-state index contributed by atoms with van der Waals surface area (Å²) < 4.78 is 0. The van der Waals surface area contributed by atoms with E-state index < -0.39 is 47.1 Å². The largest absolute Gasteiger partial charge is 0.372 e. The molecule has 216 valence electrons. The van der Waals surface area contributed by atoms with Crippen LogP contribution in [-0.4, -0.2) is 53.1 Å². The molecule has 0 bridgehead atoms. The second kappa shape index (κ2) is 11.8. The molecule has 3 atom stereocenters. The number of fused-ring (bicyclic) bond motifs is 3. The van der Waals surface area contributed by atoms with Crippen molar-refractivity contribution in [1.29, 1.82) is 0 Å². The maximum absolute atomic E-state index is 14.0. The monoisotopic (exact) mass is 560 g/mol. The summed E-state index contributed by atoms with van der Waals surface area (Å²) in [5, 5.41) is 20.1. The molecule has 1 saturated carbocycles. The lowest BCUT2D eigenvalue weighted by atomic mass is 9.84. The van der Waals surface area contributed by atoms with Crippen molar-refractivity contribution in [3.05, 3.63) is 59.7 Å². The van der Waals surface area contributed by atoms with Crippen LogP contribution in [0, 0.1) is 11.8 Å². The highest BCUT2D eigenvalue weighted by Crippen LogP contribution is 2.47. The Bertz CT molecular complexity index is 1320. The molecule has 2 aromatic rings. The maximum Gasteiger partial charge on any atom is 0.287 e. The summed E-state index contributed by atoms with van der Waals surface area (Å²) in [6.45, 7) is 0.441. The fraction of sp³-hybridized carbons (Fsp3) is 0.452. The summed E-state index contributed by atoms with van der Waals surface area (Å²) in [6, 6.07) is 11.8. The first kappa shape index (κ1) is 28.5. The number of hydrogen-bond acceptors (Lipinski definition) is 6. The lowest BCUT2D eigenvalue weighted by Gasteiger charge is -2.31. The molecular weight excluding hydrogens is 524 g/mol. The van der Waals surface area contributed by atoms with Gasteiger partial charge in [-0.3, -0.25) is 24.0 Å². The van der Waals surface area contributed by atoms with E-state index in [9.17, 15) is 29.1 Å². The van der Waals surface area contributed by atoms with E-state index in [4.69, 9.17) is 5.73 Å². The van der Waals surface area contributed by atoms with Gasteiger partial charge >= 0.3 is 0 Å². The number of nitrogens with two attached hydrogens (primary N) is 1. The molecule has 1 saturated heterocycles. The highest BCUT2D eigenvalue weighted by Gasteiger charge is 2.49. The molecule has 10 nitrogen and oxygen atoms in total. The van der Waals surface area contributed by atoms with Gasteiger partial charge in [0.05, 0.1) is 6.04 Å². The van der Waals surface area contributed by atoms with Gasteiger partial charge in [0, 0.05) is 23.6 Å². The molecule has 41 heavy (non-hydrogen) atoms. The summed E-state index contributed by atoms with van der Waals surface area (Å²) in [7, 11) is 0. The Morgan fingerprint density at radius 3 is 2.05 bits per heavy atom. The predicted octanol–water partition coefficient (Wildman–Crippen LogP) is 1.42. The standard InChI is InChI=1S/C31H36N4O6/c32-27(37)26(36)24(17-19-14-15-33-28(19)38)34-29(39)25(16-18-8-2-1-3-9-18)35-30(40)31(41)22-12-6-4-10-20(22)21-11-5-7-13-23(21)31/h4-7,10-13,18-19,24-25,41H,1-3,8-9,14-17H2,(H2,32,37)(H,33,38)(H,34,39)(H,35,40). The van der Waals surface area contributed by atoms with Gasteiger partial charge in [-0.15, -0.1) is 0 Å². The molecule has 3 unspecified atom stereocenters. The highest BCUT2D eigenvalue weighted by molar-refractivity contribution is 6.38. The number of carbonyl (C=O) groups is 5. The highest BCUT2D eigenvalue weighted by atomic mass is 16.3. The Kier molecular flexibility index (Phi) is 8.21. The van der Waals surface area contributed by atoms with Gasteiger partial charge < -0.3 is 26.8 Å². The van der Waals surface area contributed by atoms with E-state index >= 15 is 0 Å². The third-order valence-electron chi connectivity index (χ3n) is 8.73. The molecule has 1 aliphatic heterocycles. The number of rotatable bonds is 10. The van der Waals surface area contributed by atoms with Gasteiger partial charge in [0.2, 0.25) is 17.6 Å². The summed E-state index contributed by atoms with van der Waals surface area (Å²) in [6.07, 6.45) is 5.60. The van der Waals surface area contributed by atoms with Crippen LogP contribution in [0.3, 0.4) is 0 Å². The van der Waals surface area contributed by atoms with E-state index in [1.165, 1.54) is 0 Å². The third kappa shape index (κ3) is 5.61. The van der Waals surface area contributed by atoms with Crippen LogP contribution in [-0.2, 0) is 29.6 Å². The minimum atomic E-state index is -2.03. The first-order chi connectivity index (χ1) is 19.7. The fourth-order valence-corrected chi connectivity index (χ4v) is 6.54. The smallest absolute Gasteiger partial charge is 0.287 e.